The van der Waals surface area contributed by atoms with E-state index >= 15 is 0 Å². The lowest BCUT2D eigenvalue weighted by Gasteiger charge is -2.19. The molecule has 0 spiro atoms. The maximum Gasteiger partial charge on any atom is 0.234 e. The molecule has 4 rings (SSSR count). The van der Waals surface area contributed by atoms with Crippen molar-refractivity contribution in [2.24, 2.45) is 4.99 Å². The summed E-state index contributed by atoms with van der Waals surface area (Å²) in [7, 11) is 0. The van der Waals surface area contributed by atoms with Gasteiger partial charge in [-0.25, -0.2) is 4.99 Å². The molecule has 1 heterocycles. The number of thioether (sulfide) groups is 1. The van der Waals surface area contributed by atoms with Crippen molar-refractivity contribution >= 4 is 50.7 Å². The highest BCUT2D eigenvalue weighted by Crippen LogP contribution is 2.37. The molecular weight excluding hydrogens is 366 g/mol. The van der Waals surface area contributed by atoms with Crippen molar-refractivity contribution in [3.63, 3.8) is 0 Å². The molecule has 1 aliphatic rings. The minimum Gasteiger partial charge on any atom is -0.334 e. The van der Waals surface area contributed by atoms with Crippen molar-refractivity contribution in [2.45, 2.75) is 26.2 Å². The number of aliphatic imine (C=N–C) groups is 1. The number of para-hydroxylation sites is 1. The molecule has 0 fully saturated rings. The Kier molecular flexibility index (Phi) is 5.35. The van der Waals surface area contributed by atoms with Gasteiger partial charge in [0.05, 0.1) is 17.1 Å². The molecule has 1 aliphatic heterocycles. The van der Waals surface area contributed by atoms with Crippen molar-refractivity contribution < 1.29 is 4.79 Å². The quantitative estimate of drug-likeness (QED) is 0.551. The number of hydrogen-bond donors (Lipinski definition) is 2. The molecule has 4 nitrogen and oxygen atoms in total. The predicted molar refractivity (Wildman–Crippen MR) is 121 cm³/mol. The fraction of sp³-hybridized carbons (Fsp3) is 0.217. The molecule has 3 aromatic carbocycles. The van der Waals surface area contributed by atoms with Crippen LogP contribution in [0.15, 0.2) is 65.7 Å². The summed E-state index contributed by atoms with van der Waals surface area (Å²) in [6.07, 6.45) is 1.04. The van der Waals surface area contributed by atoms with Crippen LogP contribution in [-0.4, -0.2) is 16.8 Å². The van der Waals surface area contributed by atoms with E-state index in [1.165, 1.54) is 17.3 Å². The molecule has 0 aromatic heterocycles. The molecule has 1 atom stereocenters. The molecule has 2 N–H and O–H groups in total. The van der Waals surface area contributed by atoms with Gasteiger partial charge in [0, 0.05) is 11.1 Å². The van der Waals surface area contributed by atoms with Gasteiger partial charge in [-0.3, -0.25) is 4.79 Å². The second-order valence-corrected chi connectivity index (χ2v) is 7.92. The molecule has 1 amide bonds. The number of nitrogens with one attached hydrogen (secondary N) is 2. The van der Waals surface area contributed by atoms with Gasteiger partial charge in [0.1, 0.15) is 0 Å². The van der Waals surface area contributed by atoms with Gasteiger partial charge in [0.15, 0.2) is 5.17 Å². The average molecular weight is 390 g/mol. The zero-order valence-corrected chi connectivity index (χ0v) is 16.8. The van der Waals surface area contributed by atoms with Gasteiger partial charge in [-0.2, -0.15) is 0 Å². The van der Waals surface area contributed by atoms with E-state index in [0.29, 0.717) is 11.7 Å². The lowest BCUT2D eigenvalue weighted by Crippen LogP contribution is -2.19. The molecule has 28 heavy (non-hydrogen) atoms. The van der Waals surface area contributed by atoms with Gasteiger partial charge in [0.2, 0.25) is 5.91 Å². The van der Waals surface area contributed by atoms with Crippen molar-refractivity contribution in [1.82, 2.24) is 0 Å². The number of benzene rings is 3. The highest BCUT2D eigenvalue weighted by molar-refractivity contribution is 8.14. The Bertz CT molecular complexity index is 1060. The summed E-state index contributed by atoms with van der Waals surface area (Å²) in [5.41, 5.74) is 4.05. The van der Waals surface area contributed by atoms with Gasteiger partial charge >= 0.3 is 0 Å². The number of anilines is 2. The number of carbonyl (C=O) groups excluding carboxylic acids is 1. The highest BCUT2D eigenvalue weighted by atomic mass is 32.2. The number of amidine groups is 1. The first-order valence-electron chi connectivity index (χ1n) is 9.54. The van der Waals surface area contributed by atoms with Gasteiger partial charge in [-0.05, 0) is 41.5 Å². The monoisotopic (exact) mass is 389 g/mol. The minimum atomic E-state index is -0.0256. The van der Waals surface area contributed by atoms with E-state index in [9.17, 15) is 4.79 Å². The number of rotatable bonds is 5. The van der Waals surface area contributed by atoms with Gasteiger partial charge < -0.3 is 10.6 Å². The summed E-state index contributed by atoms with van der Waals surface area (Å²) in [5, 5.41) is 9.45. The van der Waals surface area contributed by atoms with Crippen LogP contribution in [0.2, 0.25) is 0 Å². The topological polar surface area (TPSA) is 53.5 Å². The Morgan fingerprint density at radius 2 is 1.89 bits per heavy atom. The molecule has 0 radical (unpaired) electrons. The Hall–Kier alpha value is -2.79. The van der Waals surface area contributed by atoms with E-state index in [4.69, 9.17) is 4.99 Å². The number of amides is 1. The third kappa shape index (κ3) is 3.76. The molecule has 0 bridgehead atoms. The first kappa shape index (κ1) is 18.6. The molecule has 5 heteroatoms. The summed E-state index contributed by atoms with van der Waals surface area (Å²) in [5.74, 6) is 0.687. The van der Waals surface area contributed by atoms with Crippen LogP contribution in [0.25, 0.3) is 10.8 Å². The first-order valence-corrected chi connectivity index (χ1v) is 10.5. The Labute approximate surface area is 169 Å². The molecule has 142 valence electrons. The number of carbonyl (C=O) groups is 1. The predicted octanol–water partition coefficient (Wildman–Crippen LogP) is 6.14. The average Bonchev–Trinajstić information content (AvgIpc) is 2.72. The van der Waals surface area contributed by atoms with E-state index in [-0.39, 0.29) is 5.91 Å². The first-order chi connectivity index (χ1) is 13.7. The number of hydrogen-bond acceptors (Lipinski definition) is 4. The summed E-state index contributed by atoms with van der Waals surface area (Å²) >= 11 is 1.42. The largest absolute Gasteiger partial charge is 0.334 e. The Morgan fingerprint density at radius 1 is 1.11 bits per heavy atom. The third-order valence-corrected chi connectivity index (χ3v) is 5.94. The minimum absolute atomic E-state index is 0.0256. The van der Waals surface area contributed by atoms with Crippen LogP contribution in [0.5, 0.6) is 0 Å². The molecule has 0 saturated heterocycles. The molecular formula is C23H23N3OS. The smallest absolute Gasteiger partial charge is 0.234 e. The van der Waals surface area contributed by atoms with E-state index in [1.54, 1.807) is 0 Å². The van der Waals surface area contributed by atoms with Crippen LogP contribution in [0.3, 0.4) is 0 Å². The summed E-state index contributed by atoms with van der Waals surface area (Å²) in [6.45, 7) is 4.34. The molecule has 0 aliphatic carbocycles. The van der Waals surface area contributed by atoms with E-state index in [0.717, 1.165) is 39.4 Å². The second-order valence-electron chi connectivity index (χ2n) is 6.96. The zero-order chi connectivity index (χ0) is 19.5. The lowest BCUT2D eigenvalue weighted by atomic mass is 9.97. The van der Waals surface area contributed by atoms with Gasteiger partial charge in [-0.15, -0.1) is 0 Å². The standard InChI is InChI=1S/C23H23N3OS/c1-3-15(2)17-10-4-5-11-18(17)24-21(27)14-28-23-25-19-12-6-8-16-9-7-13-20(26-23)22(16)19/h4-13,15H,3,14H2,1-2H3,(H,24,27)(H,25,26)/t15-/m1/s1. The second kappa shape index (κ2) is 8.07. The van der Waals surface area contributed by atoms with Gasteiger partial charge in [0.25, 0.3) is 0 Å². The SMILES string of the molecule is CC[C@@H](C)c1ccccc1NC(=O)CSC1=Nc2cccc3cccc(c23)N1. The van der Waals surface area contributed by atoms with Gasteiger partial charge in [-0.1, -0.05) is 68.1 Å². The Morgan fingerprint density at radius 3 is 2.71 bits per heavy atom. The van der Waals surface area contributed by atoms with E-state index in [2.05, 4.69) is 42.7 Å². The van der Waals surface area contributed by atoms with Crippen LogP contribution in [-0.2, 0) is 4.79 Å². The zero-order valence-electron chi connectivity index (χ0n) is 16.0. The fourth-order valence-corrected chi connectivity index (χ4v) is 4.11. The third-order valence-electron chi connectivity index (χ3n) is 5.06. The molecule has 0 unspecified atom stereocenters. The summed E-state index contributed by atoms with van der Waals surface area (Å²) in [6, 6.07) is 20.3. The maximum absolute atomic E-state index is 12.5. The lowest BCUT2D eigenvalue weighted by molar-refractivity contribution is -0.113. The van der Waals surface area contributed by atoms with Crippen molar-refractivity contribution in [2.75, 3.05) is 16.4 Å². The molecule has 3 aromatic rings. The normalized spacial score (nSPS) is 13.6. The van der Waals surface area contributed by atoms with Crippen LogP contribution >= 0.6 is 11.8 Å². The van der Waals surface area contributed by atoms with Crippen LogP contribution in [0.4, 0.5) is 17.1 Å². The Balaban J connectivity index is 1.45. The van der Waals surface area contributed by atoms with Crippen LogP contribution < -0.4 is 10.6 Å². The fourth-order valence-electron chi connectivity index (χ4n) is 3.42. The maximum atomic E-state index is 12.5. The van der Waals surface area contributed by atoms with Crippen molar-refractivity contribution in [3.8, 4) is 0 Å². The van der Waals surface area contributed by atoms with Crippen molar-refractivity contribution in [3.05, 3.63) is 66.2 Å². The van der Waals surface area contributed by atoms with Crippen molar-refractivity contribution in [1.29, 1.82) is 0 Å². The summed E-state index contributed by atoms with van der Waals surface area (Å²) in [4.78, 5) is 17.2. The van der Waals surface area contributed by atoms with E-state index in [1.807, 2.05) is 42.5 Å². The summed E-state index contributed by atoms with van der Waals surface area (Å²) < 4.78 is 0. The van der Waals surface area contributed by atoms with Crippen LogP contribution in [0, 0.1) is 0 Å². The highest BCUT2D eigenvalue weighted by Gasteiger charge is 2.16. The van der Waals surface area contributed by atoms with Crippen LogP contribution in [0.1, 0.15) is 31.7 Å². The van der Waals surface area contributed by atoms with E-state index < -0.39 is 0 Å². The molecule has 0 saturated carbocycles. The number of nitrogens with zero attached hydrogens (tertiary/aromatic N) is 1.